The van der Waals surface area contributed by atoms with Crippen molar-refractivity contribution < 1.29 is 14.7 Å². The van der Waals surface area contributed by atoms with Crippen LogP contribution in [0, 0.1) is 6.92 Å². The maximum absolute atomic E-state index is 12.5. The topological polar surface area (TPSA) is 95.7 Å². The monoisotopic (exact) mass is 305 g/mol. The Morgan fingerprint density at radius 2 is 2.23 bits per heavy atom. The van der Waals surface area contributed by atoms with E-state index in [1.165, 1.54) is 0 Å². The Labute approximate surface area is 130 Å². The van der Waals surface area contributed by atoms with Crippen LogP contribution >= 0.6 is 0 Å². The molecule has 2 rings (SSSR count). The van der Waals surface area contributed by atoms with E-state index in [4.69, 9.17) is 5.73 Å². The van der Waals surface area contributed by atoms with Crippen LogP contribution in [0.3, 0.4) is 0 Å². The summed E-state index contributed by atoms with van der Waals surface area (Å²) in [6.07, 6.45) is 1.96. The number of hydrogen-bond acceptors (Lipinski definition) is 4. The molecule has 0 radical (unpaired) electrons. The standard InChI is InChI=1S/C16H23N3O3/c1-3-13(19-8-4-5-14(19)16(21)22)15(20)18-11-7-6-10(2)12(17)9-11/h6-7,9,13-14H,3-5,8,17H2,1-2H3,(H,18,20)(H,21,22). The number of nitrogens with two attached hydrogens (primary N) is 1. The first kappa shape index (κ1) is 16.3. The highest BCUT2D eigenvalue weighted by atomic mass is 16.4. The van der Waals surface area contributed by atoms with Gasteiger partial charge in [-0.25, -0.2) is 0 Å². The molecular formula is C16H23N3O3. The van der Waals surface area contributed by atoms with Crippen LogP contribution in [0.4, 0.5) is 11.4 Å². The summed E-state index contributed by atoms with van der Waals surface area (Å²) < 4.78 is 0. The molecule has 1 aromatic carbocycles. The van der Waals surface area contributed by atoms with Gasteiger partial charge in [0.2, 0.25) is 5.91 Å². The molecule has 4 N–H and O–H groups in total. The number of benzene rings is 1. The van der Waals surface area contributed by atoms with E-state index in [-0.39, 0.29) is 5.91 Å². The van der Waals surface area contributed by atoms with Crippen molar-refractivity contribution in [1.82, 2.24) is 4.90 Å². The predicted molar refractivity (Wildman–Crippen MR) is 85.7 cm³/mol. The van der Waals surface area contributed by atoms with Gasteiger partial charge in [-0.3, -0.25) is 14.5 Å². The van der Waals surface area contributed by atoms with Crippen molar-refractivity contribution in [1.29, 1.82) is 0 Å². The Bertz CT molecular complexity index is 574. The zero-order chi connectivity index (χ0) is 16.3. The number of aryl methyl sites for hydroxylation is 1. The van der Waals surface area contributed by atoms with Gasteiger partial charge in [0.15, 0.2) is 0 Å². The lowest BCUT2D eigenvalue weighted by Gasteiger charge is -2.29. The molecule has 0 aromatic heterocycles. The Balaban J connectivity index is 2.11. The molecule has 1 heterocycles. The molecule has 0 bridgehead atoms. The van der Waals surface area contributed by atoms with E-state index in [0.29, 0.717) is 30.8 Å². The van der Waals surface area contributed by atoms with Crippen molar-refractivity contribution in [2.45, 2.75) is 45.2 Å². The number of carbonyl (C=O) groups is 2. The fourth-order valence-corrected chi connectivity index (χ4v) is 2.94. The van der Waals surface area contributed by atoms with Gasteiger partial charge in [0.1, 0.15) is 6.04 Å². The molecule has 2 unspecified atom stereocenters. The molecule has 1 saturated heterocycles. The first-order valence-electron chi connectivity index (χ1n) is 7.59. The lowest BCUT2D eigenvalue weighted by molar-refractivity contribution is -0.143. The second-order valence-electron chi connectivity index (χ2n) is 5.72. The van der Waals surface area contributed by atoms with Gasteiger partial charge in [0.05, 0.1) is 6.04 Å². The van der Waals surface area contributed by atoms with E-state index < -0.39 is 18.1 Å². The summed E-state index contributed by atoms with van der Waals surface area (Å²) in [6, 6.07) is 4.36. The summed E-state index contributed by atoms with van der Waals surface area (Å²) in [5.74, 6) is -1.04. The van der Waals surface area contributed by atoms with Gasteiger partial charge < -0.3 is 16.2 Å². The summed E-state index contributed by atoms with van der Waals surface area (Å²) in [6.45, 7) is 4.43. The molecular weight excluding hydrogens is 282 g/mol. The molecule has 0 aliphatic carbocycles. The average Bonchev–Trinajstić information content (AvgIpc) is 2.93. The van der Waals surface area contributed by atoms with Crippen LogP contribution in [0.15, 0.2) is 18.2 Å². The van der Waals surface area contributed by atoms with Gasteiger partial charge in [-0.1, -0.05) is 13.0 Å². The van der Waals surface area contributed by atoms with Gasteiger partial charge in [0, 0.05) is 11.4 Å². The number of carbonyl (C=O) groups excluding carboxylic acids is 1. The average molecular weight is 305 g/mol. The molecule has 1 aromatic rings. The second kappa shape index (κ2) is 6.79. The number of carboxylic acids is 1. The minimum absolute atomic E-state index is 0.182. The molecule has 1 fully saturated rings. The summed E-state index contributed by atoms with van der Waals surface area (Å²) in [5, 5.41) is 12.1. The molecule has 1 amide bonds. The number of carboxylic acid groups (broad SMARTS) is 1. The number of anilines is 2. The molecule has 22 heavy (non-hydrogen) atoms. The van der Waals surface area contributed by atoms with Crippen LogP contribution < -0.4 is 11.1 Å². The van der Waals surface area contributed by atoms with Crippen molar-refractivity contribution >= 4 is 23.3 Å². The van der Waals surface area contributed by atoms with Crippen LogP contribution in [0.5, 0.6) is 0 Å². The van der Waals surface area contributed by atoms with Crippen LogP contribution in [-0.4, -0.2) is 40.5 Å². The highest BCUT2D eigenvalue weighted by Gasteiger charge is 2.37. The first-order chi connectivity index (χ1) is 10.4. The SMILES string of the molecule is CCC(C(=O)Nc1ccc(C)c(N)c1)N1CCCC1C(=O)O. The zero-order valence-corrected chi connectivity index (χ0v) is 13.0. The van der Waals surface area contributed by atoms with E-state index in [9.17, 15) is 14.7 Å². The third-order valence-corrected chi connectivity index (χ3v) is 4.22. The Morgan fingerprint density at radius 3 is 2.82 bits per heavy atom. The van der Waals surface area contributed by atoms with Crippen LogP contribution in [-0.2, 0) is 9.59 Å². The quantitative estimate of drug-likeness (QED) is 0.721. The number of nitrogen functional groups attached to an aromatic ring is 1. The predicted octanol–water partition coefficient (Wildman–Crippen LogP) is 1.84. The van der Waals surface area contributed by atoms with Gasteiger partial charge >= 0.3 is 5.97 Å². The van der Waals surface area contributed by atoms with Gasteiger partial charge in [-0.05, 0) is 50.4 Å². The van der Waals surface area contributed by atoms with Crippen molar-refractivity contribution in [3.05, 3.63) is 23.8 Å². The van der Waals surface area contributed by atoms with Gasteiger partial charge in [0.25, 0.3) is 0 Å². The number of hydrogen-bond donors (Lipinski definition) is 3. The van der Waals surface area contributed by atoms with Crippen LogP contribution in [0.25, 0.3) is 0 Å². The normalized spacial score (nSPS) is 19.8. The third kappa shape index (κ3) is 3.39. The third-order valence-electron chi connectivity index (χ3n) is 4.22. The van der Waals surface area contributed by atoms with E-state index in [0.717, 1.165) is 12.0 Å². The fourth-order valence-electron chi connectivity index (χ4n) is 2.94. The molecule has 0 spiro atoms. The lowest BCUT2D eigenvalue weighted by Crippen LogP contribution is -2.48. The summed E-state index contributed by atoms with van der Waals surface area (Å²) in [4.78, 5) is 25.6. The Morgan fingerprint density at radius 1 is 1.50 bits per heavy atom. The molecule has 0 saturated carbocycles. The fraction of sp³-hybridized carbons (Fsp3) is 0.500. The molecule has 6 nitrogen and oxygen atoms in total. The number of aliphatic carboxylic acids is 1. The minimum Gasteiger partial charge on any atom is -0.480 e. The van der Waals surface area contributed by atoms with E-state index >= 15 is 0 Å². The molecule has 2 atom stereocenters. The van der Waals surface area contributed by atoms with Gasteiger partial charge in [-0.15, -0.1) is 0 Å². The number of nitrogens with zero attached hydrogens (tertiary/aromatic N) is 1. The van der Waals surface area contributed by atoms with Crippen molar-refractivity contribution in [2.24, 2.45) is 0 Å². The minimum atomic E-state index is -0.858. The van der Waals surface area contributed by atoms with E-state index in [1.807, 2.05) is 19.9 Å². The molecule has 120 valence electrons. The van der Waals surface area contributed by atoms with Crippen molar-refractivity contribution in [3.8, 4) is 0 Å². The Hall–Kier alpha value is -2.08. The number of nitrogens with one attached hydrogen (secondary N) is 1. The summed E-state index contributed by atoms with van der Waals surface area (Å²) in [5.41, 5.74) is 8.06. The second-order valence-corrected chi connectivity index (χ2v) is 5.72. The summed E-state index contributed by atoms with van der Waals surface area (Å²) >= 11 is 0. The zero-order valence-electron chi connectivity index (χ0n) is 13.0. The smallest absolute Gasteiger partial charge is 0.320 e. The Kier molecular flexibility index (Phi) is 5.03. The maximum atomic E-state index is 12.5. The number of likely N-dealkylation sites (tertiary alicyclic amines) is 1. The number of amides is 1. The van der Waals surface area contributed by atoms with E-state index in [2.05, 4.69) is 5.32 Å². The van der Waals surface area contributed by atoms with Crippen molar-refractivity contribution in [2.75, 3.05) is 17.6 Å². The first-order valence-corrected chi connectivity index (χ1v) is 7.59. The maximum Gasteiger partial charge on any atom is 0.320 e. The van der Waals surface area contributed by atoms with Crippen LogP contribution in [0.2, 0.25) is 0 Å². The summed E-state index contributed by atoms with van der Waals surface area (Å²) in [7, 11) is 0. The van der Waals surface area contributed by atoms with E-state index in [1.54, 1.807) is 17.0 Å². The largest absolute Gasteiger partial charge is 0.480 e. The molecule has 1 aliphatic rings. The molecule has 6 heteroatoms. The highest BCUT2D eigenvalue weighted by molar-refractivity contribution is 5.95. The van der Waals surface area contributed by atoms with Crippen molar-refractivity contribution in [3.63, 3.8) is 0 Å². The lowest BCUT2D eigenvalue weighted by atomic mass is 10.1. The van der Waals surface area contributed by atoms with Gasteiger partial charge in [-0.2, -0.15) is 0 Å². The van der Waals surface area contributed by atoms with Crippen LogP contribution in [0.1, 0.15) is 31.7 Å². The molecule has 1 aliphatic heterocycles. The highest BCUT2D eigenvalue weighted by Crippen LogP contribution is 2.23. The number of rotatable bonds is 5.